The summed E-state index contributed by atoms with van der Waals surface area (Å²) in [4.78, 5) is 22.0. The van der Waals surface area contributed by atoms with Crippen molar-refractivity contribution in [2.75, 3.05) is 10.6 Å². The van der Waals surface area contributed by atoms with Gasteiger partial charge in [0.05, 0.1) is 12.2 Å². The molecule has 0 radical (unpaired) electrons. The van der Waals surface area contributed by atoms with Gasteiger partial charge in [-0.1, -0.05) is 36.4 Å². The molecule has 0 aliphatic carbocycles. The third kappa shape index (κ3) is 3.72. The number of nitrogens with one attached hydrogen (secondary N) is 2. The molecule has 2 N–H and O–H groups in total. The van der Waals surface area contributed by atoms with Gasteiger partial charge in [0, 0.05) is 25.1 Å². The molecule has 3 aromatic heterocycles. The molecule has 0 saturated carbocycles. The summed E-state index contributed by atoms with van der Waals surface area (Å²) in [7, 11) is 0. The van der Waals surface area contributed by atoms with Crippen molar-refractivity contribution in [1.29, 1.82) is 0 Å². The Morgan fingerprint density at radius 3 is 2.38 bits per heavy atom. The summed E-state index contributed by atoms with van der Waals surface area (Å²) in [6.07, 6.45) is 5.02. The van der Waals surface area contributed by atoms with E-state index in [9.17, 15) is 0 Å². The Morgan fingerprint density at radius 2 is 1.54 bits per heavy atom. The Kier molecular flexibility index (Phi) is 4.60. The molecule has 0 spiro atoms. The molecule has 7 heteroatoms. The lowest BCUT2D eigenvalue weighted by Crippen LogP contribution is -2.09. The van der Waals surface area contributed by atoms with Gasteiger partial charge >= 0.3 is 0 Å². The minimum atomic E-state index is 0.485. The molecule has 0 bridgehead atoms. The fourth-order valence-corrected chi connectivity index (χ4v) is 2.52. The SMILES string of the molecule is c1ccc(CNc2nc(NCc3ccccn3)nc3nccnc23)cc1. The monoisotopic (exact) mass is 343 g/mol. The maximum atomic E-state index is 4.57. The van der Waals surface area contributed by atoms with Crippen LogP contribution in [-0.2, 0) is 13.1 Å². The second-order valence-corrected chi connectivity index (χ2v) is 5.64. The fraction of sp³-hybridized carbons (Fsp3) is 0.105. The molecular formula is C19H17N7. The van der Waals surface area contributed by atoms with Crippen molar-refractivity contribution in [3.63, 3.8) is 0 Å². The fourth-order valence-electron chi connectivity index (χ4n) is 2.52. The number of benzene rings is 1. The van der Waals surface area contributed by atoms with Gasteiger partial charge in [-0.3, -0.25) is 4.98 Å². The Morgan fingerprint density at radius 1 is 0.692 bits per heavy atom. The number of nitrogens with zero attached hydrogens (tertiary/aromatic N) is 5. The molecule has 0 fully saturated rings. The maximum absolute atomic E-state index is 4.57. The molecule has 0 aliphatic heterocycles. The van der Waals surface area contributed by atoms with Gasteiger partial charge in [0.15, 0.2) is 17.0 Å². The number of aromatic nitrogens is 5. The molecule has 0 unspecified atom stereocenters. The molecule has 26 heavy (non-hydrogen) atoms. The van der Waals surface area contributed by atoms with Gasteiger partial charge in [-0.05, 0) is 17.7 Å². The van der Waals surface area contributed by atoms with E-state index in [-0.39, 0.29) is 0 Å². The number of anilines is 2. The minimum absolute atomic E-state index is 0.485. The highest BCUT2D eigenvalue weighted by Gasteiger charge is 2.10. The van der Waals surface area contributed by atoms with E-state index in [1.807, 2.05) is 36.4 Å². The standard InChI is InChI=1S/C19H17N7/c1-2-6-14(7-3-1)12-23-18-16-17(22-11-10-21-16)25-19(26-18)24-13-15-8-4-5-9-20-15/h1-11H,12-13H2,(H2,22,23,24,25,26). The molecule has 4 aromatic rings. The van der Waals surface area contributed by atoms with Crippen molar-refractivity contribution in [3.8, 4) is 0 Å². The molecule has 0 amide bonds. The Hall–Kier alpha value is -3.61. The first-order valence-electron chi connectivity index (χ1n) is 8.29. The van der Waals surface area contributed by atoms with Crippen LogP contribution in [0.5, 0.6) is 0 Å². The van der Waals surface area contributed by atoms with Crippen LogP contribution in [0.4, 0.5) is 11.8 Å². The predicted octanol–water partition coefficient (Wildman–Crippen LogP) is 3.04. The molecule has 0 saturated heterocycles. The van der Waals surface area contributed by atoms with Crippen molar-refractivity contribution in [1.82, 2.24) is 24.9 Å². The van der Waals surface area contributed by atoms with E-state index in [1.165, 1.54) is 0 Å². The summed E-state index contributed by atoms with van der Waals surface area (Å²) in [5, 5.41) is 6.53. The van der Waals surface area contributed by atoms with E-state index in [0.29, 0.717) is 36.0 Å². The highest BCUT2D eigenvalue weighted by molar-refractivity contribution is 5.83. The quantitative estimate of drug-likeness (QED) is 0.556. The van der Waals surface area contributed by atoms with Crippen molar-refractivity contribution in [2.45, 2.75) is 13.1 Å². The first-order valence-corrected chi connectivity index (χ1v) is 8.29. The van der Waals surface area contributed by atoms with Crippen LogP contribution in [-0.4, -0.2) is 24.9 Å². The Labute approximate surface area is 150 Å². The number of rotatable bonds is 6. The number of hydrogen-bond acceptors (Lipinski definition) is 7. The van der Waals surface area contributed by atoms with E-state index in [2.05, 4.69) is 47.7 Å². The third-order valence-electron chi connectivity index (χ3n) is 3.79. The van der Waals surface area contributed by atoms with E-state index >= 15 is 0 Å². The molecule has 0 atom stereocenters. The average molecular weight is 343 g/mol. The zero-order chi connectivity index (χ0) is 17.6. The van der Waals surface area contributed by atoms with Gasteiger partial charge in [-0.25, -0.2) is 9.97 Å². The molecule has 3 heterocycles. The van der Waals surface area contributed by atoms with Crippen molar-refractivity contribution in [2.24, 2.45) is 0 Å². The summed E-state index contributed by atoms with van der Waals surface area (Å²) < 4.78 is 0. The lowest BCUT2D eigenvalue weighted by molar-refractivity contribution is 0.998. The van der Waals surface area contributed by atoms with Gasteiger partial charge in [0.25, 0.3) is 0 Å². The zero-order valence-corrected chi connectivity index (χ0v) is 14.0. The van der Waals surface area contributed by atoms with Crippen LogP contribution < -0.4 is 10.6 Å². The van der Waals surface area contributed by atoms with Gasteiger partial charge in [-0.15, -0.1) is 0 Å². The molecule has 7 nitrogen and oxygen atoms in total. The smallest absolute Gasteiger partial charge is 0.227 e. The van der Waals surface area contributed by atoms with Gasteiger partial charge in [0.2, 0.25) is 5.95 Å². The van der Waals surface area contributed by atoms with Gasteiger partial charge < -0.3 is 10.6 Å². The second-order valence-electron chi connectivity index (χ2n) is 5.64. The summed E-state index contributed by atoms with van der Waals surface area (Å²) in [5.41, 5.74) is 3.26. The van der Waals surface area contributed by atoms with E-state index in [0.717, 1.165) is 11.3 Å². The van der Waals surface area contributed by atoms with Crippen LogP contribution in [0, 0.1) is 0 Å². The number of fused-ring (bicyclic) bond motifs is 1. The van der Waals surface area contributed by atoms with Crippen LogP contribution >= 0.6 is 0 Å². The first-order chi connectivity index (χ1) is 12.9. The minimum Gasteiger partial charge on any atom is -0.364 e. The van der Waals surface area contributed by atoms with Gasteiger partial charge in [0.1, 0.15) is 0 Å². The maximum Gasteiger partial charge on any atom is 0.227 e. The van der Waals surface area contributed by atoms with E-state index in [4.69, 9.17) is 0 Å². The normalized spacial score (nSPS) is 10.6. The Bertz CT molecular complexity index is 990. The summed E-state index contributed by atoms with van der Waals surface area (Å²) in [6, 6.07) is 15.9. The van der Waals surface area contributed by atoms with Crippen LogP contribution in [0.3, 0.4) is 0 Å². The third-order valence-corrected chi connectivity index (χ3v) is 3.79. The summed E-state index contributed by atoms with van der Waals surface area (Å²) >= 11 is 0. The Balaban J connectivity index is 1.58. The molecule has 0 aliphatic rings. The average Bonchev–Trinajstić information content (AvgIpc) is 2.72. The number of hydrogen-bond donors (Lipinski definition) is 2. The van der Waals surface area contributed by atoms with Crippen LogP contribution in [0.15, 0.2) is 67.1 Å². The molecule has 4 rings (SSSR count). The highest BCUT2D eigenvalue weighted by Crippen LogP contribution is 2.19. The van der Waals surface area contributed by atoms with Crippen molar-refractivity contribution >= 4 is 22.9 Å². The van der Waals surface area contributed by atoms with Crippen molar-refractivity contribution in [3.05, 3.63) is 78.4 Å². The highest BCUT2D eigenvalue weighted by atomic mass is 15.2. The molecule has 1 aromatic carbocycles. The van der Waals surface area contributed by atoms with Crippen LogP contribution in [0.25, 0.3) is 11.2 Å². The van der Waals surface area contributed by atoms with Crippen molar-refractivity contribution < 1.29 is 0 Å². The summed E-state index contributed by atoms with van der Waals surface area (Å²) in [5.74, 6) is 1.13. The predicted molar refractivity (Wildman–Crippen MR) is 100 cm³/mol. The lowest BCUT2D eigenvalue weighted by Gasteiger charge is -2.10. The second kappa shape index (κ2) is 7.52. The zero-order valence-electron chi connectivity index (χ0n) is 14.0. The molecule has 128 valence electrons. The van der Waals surface area contributed by atoms with Gasteiger partial charge in [-0.2, -0.15) is 9.97 Å². The van der Waals surface area contributed by atoms with Crippen LogP contribution in [0.2, 0.25) is 0 Å². The molecular weight excluding hydrogens is 326 g/mol. The van der Waals surface area contributed by atoms with Crippen LogP contribution in [0.1, 0.15) is 11.3 Å². The van der Waals surface area contributed by atoms with E-state index < -0.39 is 0 Å². The van der Waals surface area contributed by atoms with E-state index in [1.54, 1.807) is 18.6 Å². The first kappa shape index (κ1) is 15.9. The largest absolute Gasteiger partial charge is 0.364 e. The topological polar surface area (TPSA) is 88.5 Å². The lowest BCUT2D eigenvalue weighted by atomic mass is 10.2. The number of pyridine rings is 1. The summed E-state index contributed by atoms with van der Waals surface area (Å²) in [6.45, 7) is 1.17.